The second-order valence-electron chi connectivity index (χ2n) is 5.75. The molecule has 3 atom stereocenters. The van der Waals surface area contributed by atoms with E-state index in [1.165, 1.54) is 24.8 Å². The van der Waals surface area contributed by atoms with Gasteiger partial charge in [0.2, 0.25) is 0 Å². The minimum absolute atomic E-state index is 0.285. The monoisotopic (exact) mass is 243 g/mol. The zero-order valence-corrected chi connectivity index (χ0v) is 11.0. The van der Waals surface area contributed by atoms with E-state index in [4.69, 9.17) is 0 Å². The predicted octanol–water partition coefficient (Wildman–Crippen LogP) is 3.02. The van der Waals surface area contributed by atoms with Gasteiger partial charge in [-0.2, -0.15) is 0 Å². The predicted molar refractivity (Wildman–Crippen MR) is 72.2 cm³/mol. The van der Waals surface area contributed by atoms with Crippen LogP contribution in [0.1, 0.15) is 38.2 Å². The van der Waals surface area contributed by atoms with Gasteiger partial charge >= 0.3 is 0 Å². The lowest BCUT2D eigenvalue weighted by atomic mass is 9.87. The minimum Gasteiger partial charge on any atom is -0.300 e. The van der Waals surface area contributed by atoms with Crippen LogP contribution in [-0.4, -0.2) is 22.8 Å². The van der Waals surface area contributed by atoms with E-state index >= 15 is 0 Å². The van der Waals surface area contributed by atoms with Crippen molar-refractivity contribution in [2.75, 3.05) is 0 Å². The maximum atomic E-state index is 11.8. The fraction of sp³-hybridized carbons (Fsp3) is 0.562. The summed E-state index contributed by atoms with van der Waals surface area (Å²) in [4.78, 5) is 14.3. The molecular formula is C16H21NO. The van der Waals surface area contributed by atoms with Gasteiger partial charge in [0.15, 0.2) is 0 Å². The van der Waals surface area contributed by atoms with Crippen LogP contribution < -0.4 is 0 Å². The van der Waals surface area contributed by atoms with Crippen LogP contribution in [0.2, 0.25) is 0 Å². The standard InChI is InChI=1S/C16H21NO/c1-12(18)15-9-7-14-8-10-16(15)17(14)11-13-5-3-2-4-6-13/h2-6,14-16H,7-11H2,1H3/t14-,15+,16-/m0/s1. The van der Waals surface area contributed by atoms with Gasteiger partial charge in [0, 0.05) is 24.5 Å². The fourth-order valence-corrected chi connectivity index (χ4v) is 3.79. The molecule has 0 aliphatic carbocycles. The van der Waals surface area contributed by atoms with Gasteiger partial charge in [0.25, 0.3) is 0 Å². The second-order valence-corrected chi connectivity index (χ2v) is 5.75. The molecule has 0 amide bonds. The third kappa shape index (κ3) is 2.10. The number of Topliss-reactive ketones (excluding diaryl/α,β-unsaturated/α-hetero) is 1. The van der Waals surface area contributed by atoms with E-state index in [1.54, 1.807) is 6.92 Å². The molecule has 0 unspecified atom stereocenters. The lowest BCUT2D eigenvalue weighted by Gasteiger charge is -2.39. The Morgan fingerprint density at radius 1 is 1.17 bits per heavy atom. The van der Waals surface area contributed by atoms with Crippen molar-refractivity contribution in [3.05, 3.63) is 35.9 Å². The van der Waals surface area contributed by atoms with E-state index in [0.29, 0.717) is 17.9 Å². The first kappa shape index (κ1) is 11.9. The molecule has 96 valence electrons. The van der Waals surface area contributed by atoms with Crippen molar-refractivity contribution < 1.29 is 4.79 Å². The van der Waals surface area contributed by atoms with E-state index in [-0.39, 0.29) is 5.92 Å². The van der Waals surface area contributed by atoms with Crippen molar-refractivity contribution in [1.82, 2.24) is 4.90 Å². The number of carbonyl (C=O) groups excluding carboxylic acids is 1. The Bertz CT molecular complexity index is 428. The summed E-state index contributed by atoms with van der Waals surface area (Å²) in [7, 11) is 0. The summed E-state index contributed by atoms with van der Waals surface area (Å²) in [6.07, 6.45) is 4.80. The Hall–Kier alpha value is -1.15. The zero-order chi connectivity index (χ0) is 12.5. The molecule has 2 heteroatoms. The molecular weight excluding hydrogens is 222 g/mol. The first-order chi connectivity index (χ1) is 8.75. The summed E-state index contributed by atoms with van der Waals surface area (Å²) in [6.45, 7) is 2.78. The second kappa shape index (κ2) is 4.85. The van der Waals surface area contributed by atoms with Gasteiger partial charge in [-0.1, -0.05) is 30.3 Å². The van der Waals surface area contributed by atoms with Crippen molar-refractivity contribution in [3.63, 3.8) is 0 Å². The van der Waals surface area contributed by atoms with Crippen LogP contribution in [0.25, 0.3) is 0 Å². The van der Waals surface area contributed by atoms with Crippen LogP contribution in [0.4, 0.5) is 0 Å². The van der Waals surface area contributed by atoms with Gasteiger partial charge in [-0.15, -0.1) is 0 Å². The maximum Gasteiger partial charge on any atom is 0.134 e. The first-order valence-corrected chi connectivity index (χ1v) is 7.06. The normalized spacial score (nSPS) is 31.5. The number of piperidine rings is 1. The average Bonchev–Trinajstić information content (AvgIpc) is 2.63. The highest BCUT2D eigenvalue weighted by atomic mass is 16.1. The molecule has 0 radical (unpaired) electrons. The van der Waals surface area contributed by atoms with E-state index in [0.717, 1.165) is 13.0 Å². The first-order valence-electron chi connectivity index (χ1n) is 7.06. The molecule has 0 spiro atoms. The summed E-state index contributed by atoms with van der Waals surface area (Å²) in [5, 5.41) is 0. The van der Waals surface area contributed by atoms with Crippen LogP contribution in [0.3, 0.4) is 0 Å². The summed E-state index contributed by atoms with van der Waals surface area (Å²) in [6, 6.07) is 11.9. The van der Waals surface area contributed by atoms with Crippen molar-refractivity contribution in [2.24, 2.45) is 5.92 Å². The Morgan fingerprint density at radius 3 is 2.61 bits per heavy atom. The Kier molecular flexibility index (Phi) is 3.21. The Labute approximate surface area is 109 Å². The van der Waals surface area contributed by atoms with Gasteiger partial charge in [-0.3, -0.25) is 9.69 Å². The minimum atomic E-state index is 0.285. The van der Waals surface area contributed by atoms with Gasteiger partial charge < -0.3 is 0 Å². The highest BCUT2D eigenvalue weighted by molar-refractivity contribution is 5.79. The van der Waals surface area contributed by atoms with Crippen LogP contribution in [0, 0.1) is 5.92 Å². The van der Waals surface area contributed by atoms with E-state index < -0.39 is 0 Å². The zero-order valence-electron chi connectivity index (χ0n) is 11.0. The summed E-state index contributed by atoms with van der Waals surface area (Å²) in [5.74, 6) is 0.672. The molecule has 2 heterocycles. The lowest BCUT2D eigenvalue weighted by Crippen LogP contribution is -2.46. The molecule has 2 aliphatic rings. The third-order valence-corrected chi connectivity index (χ3v) is 4.70. The molecule has 2 saturated heterocycles. The molecule has 18 heavy (non-hydrogen) atoms. The smallest absolute Gasteiger partial charge is 0.134 e. The van der Waals surface area contributed by atoms with Crippen molar-refractivity contribution in [3.8, 4) is 0 Å². The van der Waals surface area contributed by atoms with Crippen LogP contribution in [0.15, 0.2) is 30.3 Å². The highest BCUT2D eigenvalue weighted by Crippen LogP contribution is 2.40. The summed E-state index contributed by atoms with van der Waals surface area (Å²) in [5.41, 5.74) is 1.37. The molecule has 1 aromatic carbocycles. The van der Waals surface area contributed by atoms with E-state index in [1.807, 2.05) is 0 Å². The van der Waals surface area contributed by atoms with Crippen LogP contribution in [0.5, 0.6) is 0 Å². The number of benzene rings is 1. The third-order valence-electron chi connectivity index (χ3n) is 4.70. The van der Waals surface area contributed by atoms with Crippen molar-refractivity contribution >= 4 is 5.78 Å². The van der Waals surface area contributed by atoms with Crippen LogP contribution in [-0.2, 0) is 11.3 Å². The number of rotatable bonds is 3. The number of nitrogens with zero attached hydrogens (tertiary/aromatic N) is 1. The SMILES string of the molecule is CC(=O)[C@H]1CC[C@H]2CC[C@@H]1N2Cc1ccccc1. The summed E-state index contributed by atoms with van der Waals surface area (Å²) >= 11 is 0. The van der Waals surface area contributed by atoms with Gasteiger partial charge in [0.05, 0.1) is 0 Å². The topological polar surface area (TPSA) is 20.3 Å². The van der Waals surface area contributed by atoms with Gasteiger partial charge in [-0.25, -0.2) is 0 Å². The van der Waals surface area contributed by atoms with Gasteiger partial charge in [0.1, 0.15) is 5.78 Å². The highest BCUT2D eigenvalue weighted by Gasteiger charge is 2.43. The molecule has 2 aliphatic heterocycles. The van der Waals surface area contributed by atoms with Crippen LogP contribution >= 0.6 is 0 Å². The largest absolute Gasteiger partial charge is 0.300 e. The quantitative estimate of drug-likeness (QED) is 0.813. The molecule has 2 bridgehead atoms. The molecule has 3 rings (SSSR count). The lowest BCUT2D eigenvalue weighted by molar-refractivity contribution is -0.124. The van der Waals surface area contributed by atoms with Crippen molar-refractivity contribution in [2.45, 2.75) is 51.2 Å². The Morgan fingerprint density at radius 2 is 1.89 bits per heavy atom. The number of ketones is 1. The number of hydrogen-bond acceptors (Lipinski definition) is 2. The molecule has 2 fully saturated rings. The summed E-state index contributed by atoms with van der Waals surface area (Å²) < 4.78 is 0. The molecule has 0 N–H and O–H groups in total. The van der Waals surface area contributed by atoms with E-state index in [2.05, 4.69) is 35.2 Å². The Balaban J connectivity index is 1.78. The maximum absolute atomic E-state index is 11.8. The average molecular weight is 243 g/mol. The number of hydrogen-bond donors (Lipinski definition) is 0. The van der Waals surface area contributed by atoms with Gasteiger partial charge in [-0.05, 0) is 38.2 Å². The molecule has 2 nitrogen and oxygen atoms in total. The van der Waals surface area contributed by atoms with Crippen molar-refractivity contribution in [1.29, 1.82) is 0 Å². The molecule has 1 aromatic rings. The number of fused-ring (bicyclic) bond motifs is 2. The molecule has 0 aromatic heterocycles. The van der Waals surface area contributed by atoms with E-state index in [9.17, 15) is 4.79 Å². The molecule has 0 saturated carbocycles. The number of carbonyl (C=O) groups is 1. The fourth-order valence-electron chi connectivity index (χ4n) is 3.79.